The second-order valence-electron chi connectivity index (χ2n) is 9.60. The van der Waals surface area contributed by atoms with Crippen molar-refractivity contribution in [1.29, 1.82) is 0 Å². The molecule has 0 aliphatic carbocycles. The highest BCUT2D eigenvalue weighted by Gasteiger charge is 2.14. The molecule has 7 heteroatoms. The van der Waals surface area contributed by atoms with Crippen LogP contribution in [0.2, 0.25) is 0 Å². The number of nitrogens with zero attached hydrogens (tertiary/aromatic N) is 3. The van der Waals surface area contributed by atoms with Gasteiger partial charge >= 0.3 is 0 Å². The number of hydrogen-bond donors (Lipinski definition) is 0. The van der Waals surface area contributed by atoms with Crippen molar-refractivity contribution in [1.82, 2.24) is 14.4 Å². The lowest BCUT2D eigenvalue weighted by Gasteiger charge is -2.26. The van der Waals surface area contributed by atoms with E-state index in [0.717, 1.165) is 44.3 Å². The number of hydrogen-bond acceptors (Lipinski definition) is 4. The van der Waals surface area contributed by atoms with Gasteiger partial charge in [-0.05, 0) is 95.2 Å². The van der Waals surface area contributed by atoms with Crippen LogP contribution in [0.1, 0.15) is 45.4 Å². The monoisotopic (exact) mass is 521 g/mol. The molecule has 0 saturated carbocycles. The zero-order valence-corrected chi connectivity index (χ0v) is 22.7. The number of rotatable bonds is 9. The molecule has 0 radical (unpaired) electrons. The van der Waals surface area contributed by atoms with E-state index < -0.39 is 0 Å². The molecule has 2 saturated heterocycles. The largest absolute Gasteiger partial charge is 0.492 e. The maximum absolute atomic E-state index is 6.18. The summed E-state index contributed by atoms with van der Waals surface area (Å²) in [5.74, 6) is 1.93. The Morgan fingerprint density at radius 2 is 1.06 bits per heavy atom. The molecule has 2 aliphatic heterocycles. The summed E-state index contributed by atoms with van der Waals surface area (Å²) in [4.78, 5) is 5.05. The molecule has 0 atom stereocenters. The third-order valence-corrected chi connectivity index (χ3v) is 7.37. The fourth-order valence-corrected chi connectivity index (χ4v) is 5.53. The SMILES string of the molecule is CCn1c2ccc(OCCN3CCCCC3)cc2c2cc(OCCN3CCCCC3)ccc21.Cl.Cl. The molecular formula is C28H41Cl2N3O2. The summed E-state index contributed by atoms with van der Waals surface area (Å²) in [7, 11) is 0. The highest BCUT2D eigenvalue weighted by molar-refractivity contribution is 6.09. The van der Waals surface area contributed by atoms with Gasteiger partial charge in [-0.2, -0.15) is 0 Å². The topological polar surface area (TPSA) is 29.9 Å². The molecule has 0 bridgehead atoms. The highest BCUT2D eigenvalue weighted by atomic mass is 35.5. The van der Waals surface area contributed by atoms with Crippen molar-refractivity contribution >= 4 is 46.6 Å². The summed E-state index contributed by atoms with van der Waals surface area (Å²) in [6.45, 7) is 11.6. The van der Waals surface area contributed by atoms with Crippen molar-refractivity contribution in [3.8, 4) is 11.5 Å². The van der Waals surface area contributed by atoms with Gasteiger partial charge in [-0.1, -0.05) is 12.8 Å². The van der Waals surface area contributed by atoms with Gasteiger partial charge in [0.1, 0.15) is 24.7 Å². The van der Waals surface area contributed by atoms with E-state index in [-0.39, 0.29) is 24.8 Å². The molecule has 5 nitrogen and oxygen atoms in total. The number of ether oxygens (including phenoxy) is 2. The number of halogens is 2. The van der Waals surface area contributed by atoms with Crippen molar-refractivity contribution in [3.05, 3.63) is 36.4 Å². The lowest BCUT2D eigenvalue weighted by Crippen LogP contribution is -2.33. The molecule has 2 fully saturated rings. The van der Waals surface area contributed by atoms with Gasteiger partial charge in [0.15, 0.2) is 0 Å². The quantitative estimate of drug-likeness (QED) is 0.326. The minimum absolute atomic E-state index is 0. The van der Waals surface area contributed by atoms with E-state index in [4.69, 9.17) is 9.47 Å². The van der Waals surface area contributed by atoms with Crippen LogP contribution in [-0.4, -0.2) is 66.8 Å². The predicted octanol–water partition coefficient (Wildman–Crippen LogP) is 6.39. The predicted molar refractivity (Wildman–Crippen MR) is 151 cm³/mol. The van der Waals surface area contributed by atoms with Crippen LogP contribution in [0, 0.1) is 0 Å². The lowest BCUT2D eigenvalue weighted by molar-refractivity contribution is 0.183. The van der Waals surface area contributed by atoms with Crippen molar-refractivity contribution in [2.45, 2.75) is 52.0 Å². The fourth-order valence-electron chi connectivity index (χ4n) is 5.53. The van der Waals surface area contributed by atoms with Crippen molar-refractivity contribution in [3.63, 3.8) is 0 Å². The Morgan fingerprint density at radius 3 is 1.46 bits per heavy atom. The molecular weight excluding hydrogens is 481 g/mol. The Kier molecular flexibility index (Phi) is 10.8. The first-order valence-corrected chi connectivity index (χ1v) is 13.1. The van der Waals surface area contributed by atoms with Crippen LogP contribution in [0.4, 0.5) is 0 Å². The number of fused-ring (bicyclic) bond motifs is 3. The van der Waals surface area contributed by atoms with E-state index in [9.17, 15) is 0 Å². The van der Waals surface area contributed by atoms with Crippen LogP contribution in [0.5, 0.6) is 11.5 Å². The summed E-state index contributed by atoms with van der Waals surface area (Å²) >= 11 is 0. The molecule has 0 unspecified atom stereocenters. The average molecular weight is 523 g/mol. The van der Waals surface area contributed by atoms with Crippen molar-refractivity contribution in [2.75, 3.05) is 52.5 Å². The standard InChI is InChI=1S/C28H39N3O2.2ClH/c1-2-31-27-11-9-23(32-19-17-29-13-5-3-6-14-29)21-25(27)26-22-24(10-12-28(26)31)33-20-18-30-15-7-4-8-16-30;;/h9-12,21-22H,2-8,13-20H2,1H3;2*1H. The van der Waals surface area contributed by atoms with E-state index in [2.05, 4.69) is 57.7 Å². The first-order valence-electron chi connectivity index (χ1n) is 13.1. The number of aromatic nitrogens is 1. The number of likely N-dealkylation sites (tertiary alicyclic amines) is 2. The normalized spacial score (nSPS) is 17.2. The van der Waals surface area contributed by atoms with Crippen LogP contribution < -0.4 is 9.47 Å². The van der Waals surface area contributed by atoms with Gasteiger partial charge in [-0.3, -0.25) is 9.80 Å². The van der Waals surface area contributed by atoms with E-state index in [0.29, 0.717) is 0 Å². The van der Waals surface area contributed by atoms with Crippen LogP contribution in [0.15, 0.2) is 36.4 Å². The minimum Gasteiger partial charge on any atom is -0.492 e. The highest BCUT2D eigenvalue weighted by Crippen LogP contribution is 2.34. The maximum Gasteiger partial charge on any atom is 0.120 e. The van der Waals surface area contributed by atoms with Crippen molar-refractivity contribution < 1.29 is 9.47 Å². The minimum atomic E-state index is 0. The molecule has 3 heterocycles. The van der Waals surface area contributed by atoms with Gasteiger partial charge in [0.25, 0.3) is 0 Å². The Morgan fingerprint density at radius 1 is 0.629 bits per heavy atom. The molecule has 2 aliphatic rings. The van der Waals surface area contributed by atoms with Gasteiger partial charge in [0.2, 0.25) is 0 Å². The van der Waals surface area contributed by atoms with Crippen LogP contribution in [0.3, 0.4) is 0 Å². The Bertz CT molecular complexity index is 978. The van der Waals surface area contributed by atoms with Crippen LogP contribution in [0.25, 0.3) is 21.8 Å². The molecule has 0 N–H and O–H groups in total. The average Bonchev–Trinajstić information content (AvgIpc) is 3.18. The fraction of sp³-hybridized carbons (Fsp3) is 0.571. The second kappa shape index (κ2) is 13.6. The smallest absolute Gasteiger partial charge is 0.120 e. The molecule has 3 aromatic rings. The summed E-state index contributed by atoms with van der Waals surface area (Å²) in [6.07, 6.45) is 8.05. The lowest BCUT2D eigenvalue weighted by atomic mass is 10.1. The third-order valence-electron chi connectivity index (χ3n) is 7.37. The molecule has 5 rings (SSSR count). The molecule has 1 aromatic heterocycles. The maximum atomic E-state index is 6.18. The Balaban J connectivity index is 0.00000171. The molecule has 0 amide bonds. The second-order valence-corrected chi connectivity index (χ2v) is 9.60. The van der Waals surface area contributed by atoms with Crippen LogP contribution >= 0.6 is 24.8 Å². The van der Waals surface area contributed by atoms with E-state index in [1.165, 1.54) is 86.5 Å². The molecule has 0 spiro atoms. The number of benzene rings is 2. The van der Waals surface area contributed by atoms with Gasteiger partial charge < -0.3 is 14.0 Å². The van der Waals surface area contributed by atoms with E-state index in [1.807, 2.05) is 0 Å². The van der Waals surface area contributed by atoms with Crippen molar-refractivity contribution in [2.24, 2.45) is 0 Å². The molecule has 2 aromatic carbocycles. The molecule has 35 heavy (non-hydrogen) atoms. The summed E-state index contributed by atoms with van der Waals surface area (Å²) in [5, 5.41) is 2.51. The van der Waals surface area contributed by atoms with E-state index >= 15 is 0 Å². The molecule has 194 valence electrons. The zero-order chi connectivity index (χ0) is 22.5. The number of piperidine rings is 2. The van der Waals surface area contributed by atoms with Crippen LogP contribution in [-0.2, 0) is 6.54 Å². The summed E-state index contributed by atoms with van der Waals surface area (Å²) in [5.41, 5.74) is 2.53. The Labute approximate surface area is 222 Å². The van der Waals surface area contributed by atoms with Gasteiger partial charge in [0, 0.05) is 41.4 Å². The summed E-state index contributed by atoms with van der Waals surface area (Å²) < 4.78 is 14.8. The van der Waals surface area contributed by atoms with Gasteiger partial charge in [-0.25, -0.2) is 0 Å². The van der Waals surface area contributed by atoms with Gasteiger partial charge in [0.05, 0.1) is 0 Å². The van der Waals surface area contributed by atoms with Gasteiger partial charge in [-0.15, -0.1) is 24.8 Å². The Hall–Kier alpha value is -1.66. The number of aryl methyl sites for hydroxylation is 1. The third kappa shape index (κ3) is 6.76. The first-order chi connectivity index (χ1) is 16.3. The summed E-state index contributed by atoms with van der Waals surface area (Å²) in [6, 6.07) is 13.1. The zero-order valence-electron chi connectivity index (χ0n) is 21.0. The van der Waals surface area contributed by atoms with E-state index in [1.54, 1.807) is 0 Å². The first kappa shape index (κ1) is 27.9.